The maximum absolute atomic E-state index is 11.6. The van der Waals surface area contributed by atoms with Crippen LogP contribution in [-0.2, 0) is 19.6 Å². The van der Waals surface area contributed by atoms with E-state index in [0.29, 0.717) is 18.7 Å². The molecule has 1 saturated heterocycles. The number of carboxylic acids is 1. The molecule has 1 fully saturated rings. The Morgan fingerprint density at radius 1 is 1.35 bits per heavy atom. The summed E-state index contributed by atoms with van der Waals surface area (Å²) in [4.78, 5) is 11.5. The zero-order chi connectivity index (χ0) is 14.8. The molecule has 0 bridgehead atoms. The van der Waals surface area contributed by atoms with Gasteiger partial charge in [-0.05, 0) is 31.3 Å². The fourth-order valence-electron chi connectivity index (χ4n) is 2.00. The average Bonchev–Trinajstić information content (AvgIpc) is 2.89. The molecule has 0 aliphatic carbocycles. The number of ether oxygens (including phenoxy) is 1. The van der Waals surface area contributed by atoms with E-state index in [1.54, 1.807) is 0 Å². The molecule has 1 aliphatic rings. The third-order valence-electron chi connectivity index (χ3n) is 3.25. The van der Waals surface area contributed by atoms with Crippen LogP contribution in [-0.4, -0.2) is 45.3 Å². The minimum Gasteiger partial charge on any atom is -0.479 e. The summed E-state index contributed by atoms with van der Waals surface area (Å²) in [6.07, 6.45) is 0.360. The molecule has 3 N–H and O–H groups in total. The normalized spacial score (nSPS) is 22.6. The van der Waals surface area contributed by atoms with Crippen LogP contribution in [0.15, 0.2) is 29.2 Å². The first-order valence-electron chi connectivity index (χ1n) is 6.03. The van der Waals surface area contributed by atoms with Crippen LogP contribution in [0, 0.1) is 0 Å². The highest BCUT2D eigenvalue weighted by molar-refractivity contribution is 7.89. The molecule has 1 aromatic rings. The highest BCUT2D eigenvalue weighted by Crippen LogP contribution is 2.25. The second-order valence-corrected chi connectivity index (χ2v) is 6.43. The van der Waals surface area contributed by atoms with Gasteiger partial charge in [-0.25, -0.2) is 17.9 Å². The third-order valence-corrected chi connectivity index (χ3v) is 4.68. The van der Waals surface area contributed by atoms with Crippen molar-refractivity contribution in [3.05, 3.63) is 24.3 Å². The first-order chi connectivity index (χ1) is 9.39. The van der Waals surface area contributed by atoms with Crippen LogP contribution in [0.2, 0.25) is 0 Å². The lowest BCUT2D eigenvalue weighted by molar-refractivity contribution is -0.142. The molecule has 2 rings (SSSR count). The fraction of sp³-hybridized carbons (Fsp3) is 0.417. The van der Waals surface area contributed by atoms with Gasteiger partial charge < -0.3 is 15.2 Å². The van der Waals surface area contributed by atoms with Gasteiger partial charge in [0.2, 0.25) is 10.0 Å². The number of hydrogen-bond acceptors (Lipinski definition) is 5. The van der Waals surface area contributed by atoms with Crippen molar-refractivity contribution in [1.82, 2.24) is 4.72 Å². The van der Waals surface area contributed by atoms with E-state index < -0.39 is 21.5 Å². The van der Waals surface area contributed by atoms with Gasteiger partial charge in [-0.1, -0.05) is 0 Å². The van der Waals surface area contributed by atoms with Crippen LogP contribution in [0.5, 0.6) is 0 Å². The Morgan fingerprint density at radius 3 is 2.45 bits per heavy atom. The van der Waals surface area contributed by atoms with Gasteiger partial charge >= 0.3 is 5.97 Å². The maximum atomic E-state index is 11.6. The topological polar surface area (TPSA) is 105 Å². The van der Waals surface area contributed by atoms with Crippen LogP contribution in [0.25, 0.3) is 0 Å². The molecule has 0 radical (unpaired) electrons. The molecule has 1 aliphatic heterocycles. The Bertz CT molecular complexity index is 591. The number of anilines is 1. The van der Waals surface area contributed by atoms with Gasteiger partial charge in [-0.2, -0.15) is 0 Å². The first kappa shape index (κ1) is 14.8. The third kappa shape index (κ3) is 2.77. The number of hydrogen-bond donors (Lipinski definition) is 3. The summed E-state index contributed by atoms with van der Waals surface area (Å²) in [6.45, 7) is 0.463. The lowest BCUT2D eigenvalue weighted by Gasteiger charge is -2.25. The number of sulfonamides is 1. The smallest absolute Gasteiger partial charge is 0.331 e. The minimum absolute atomic E-state index is 0.0822. The number of aliphatic carboxylic acids is 1. The predicted molar refractivity (Wildman–Crippen MR) is 72.1 cm³/mol. The van der Waals surface area contributed by atoms with E-state index in [0.717, 1.165) is 0 Å². The van der Waals surface area contributed by atoms with Gasteiger partial charge in [0, 0.05) is 18.7 Å². The molecule has 8 heteroatoms. The van der Waals surface area contributed by atoms with E-state index >= 15 is 0 Å². The molecule has 1 unspecified atom stereocenters. The first-order valence-corrected chi connectivity index (χ1v) is 7.51. The number of nitrogens with one attached hydrogen (secondary N) is 2. The summed E-state index contributed by atoms with van der Waals surface area (Å²) in [7, 11) is -2.16. The van der Waals surface area contributed by atoms with E-state index in [1.807, 2.05) is 0 Å². The summed E-state index contributed by atoms with van der Waals surface area (Å²) in [5.74, 6) is -0.984. The predicted octanol–water partition coefficient (Wildman–Crippen LogP) is 0.250. The Labute approximate surface area is 117 Å². The van der Waals surface area contributed by atoms with Crippen molar-refractivity contribution < 1.29 is 23.1 Å². The summed E-state index contributed by atoms with van der Waals surface area (Å²) in [5, 5.41) is 12.2. The van der Waals surface area contributed by atoms with Gasteiger partial charge in [-0.3, -0.25) is 0 Å². The molecule has 1 aromatic carbocycles. The molecule has 0 saturated carbocycles. The summed E-state index contributed by atoms with van der Waals surface area (Å²) in [5.41, 5.74) is -0.614. The van der Waals surface area contributed by atoms with E-state index in [9.17, 15) is 18.3 Å². The van der Waals surface area contributed by atoms with Crippen LogP contribution < -0.4 is 10.0 Å². The summed E-state index contributed by atoms with van der Waals surface area (Å²) >= 11 is 0. The van der Waals surface area contributed by atoms with Gasteiger partial charge in [-0.15, -0.1) is 0 Å². The molecule has 0 aromatic heterocycles. The van der Waals surface area contributed by atoms with Crippen LogP contribution in [0.4, 0.5) is 5.69 Å². The Balaban J connectivity index is 2.21. The van der Waals surface area contributed by atoms with Gasteiger partial charge in [0.1, 0.15) is 0 Å². The number of benzene rings is 1. The Hall–Kier alpha value is -1.64. The van der Waals surface area contributed by atoms with Gasteiger partial charge in [0.25, 0.3) is 0 Å². The van der Waals surface area contributed by atoms with Crippen molar-refractivity contribution >= 4 is 21.7 Å². The lowest BCUT2D eigenvalue weighted by Crippen LogP contribution is -2.47. The second-order valence-electron chi connectivity index (χ2n) is 4.55. The highest BCUT2D eigenvalue weighted by Gasteiger charge is 2.42. The number of rotatable bonds is 5. The molecular weight excluding hydrogens is 284 g/mol. The van der Waals surface area contributed by atoms with Gasteiger partial charge in [0.15, 0.2) is 5.54 Å². The zero-order valence-electron chi connectivity index (χ0n) is 10.9. The highest BCUT2D eigenvalue weighted by atomic mass is 32.2. The molecular formula is C12H16N2O5S. The molecule has 20 heavy (non-hydrogen) atoms. The SMILES string of the molecule is CNS(=O)(=O)c1ccc(NC2(C(=O)O)CCOC2)cc1. The maximum Gasteiger partial charge on any atom is 0.331 e. The average molecular weight is 300 g/mol. The Kier molecular flexibility index (Phi) is 3.98. The minimum atomic E-state index is -3.49. The van der Waals surface area contributed by atoms with E-state index in [4.69, 9.17) is 4.74 Å². The van der Waals surface area contributed by atoms with Crippen LogP contribution in [0.1, 0.15) is 6.42 Å². The second kappa shape index (κ2) is 5.39. The Morgan fingerprint density at radius 2 is 2.00 bits per heavy atom. The molecule has 1 atom stereocenters. The van der Waals surface area contributed by atoms with Crippen molar-refractivity contribution in [3.63, 3.8) is 0 Å². The molecule has 0 amide bonds. The van der Waals surface area contributed by atoms with Crippen molar-refractivity contribution in [3.8, 4) is 0 Å². The van der Waals surface area contributed by atoms with Crippen molar-refractivity contribution in [2.24, 2.45) is 0 Å². The summed E-state index contributed by atoms with van der Waals surface area (Å²) < 4.78 is 30.5. The van der Waals surface area contributed by atoms with Crippen LogP contribution >= 0.6 is 0 Å². The molecule has 110 valence electrons. The molecule has 1 heterocycles. The van der Waals surface area contributed by atoms with E-state index in [2.05, 4.69) is 10.0 Å². The van der Waals surface area contributed by atoms with Crippen molar-refractivity contribution in [1.29, 1.82) is 0 Å². The van der Waals surface area contributed by atoms with Crippen molar-refractivity contribution in [2.75, 3.05) is 25.6 Å². The van der Waals surface area contributed by atoms with E-state index in [-0.39, 0.29) is 11.5 Å². The largest absolute Gasteiger partial charge is 0.479 e. The number of carboxylic acid groups (broad SMARTS) is 1. The number of carbonyl (C=O) groups is 1. The fourth-order valence-corrected chi connectivity index (χ4v) is 2.73. The zero-order valence-corrected chi connectivity index (χ0v) is 11.7. The quantitative estimate of drug-likeness (QED) is 0.720. The standard InChI is InChI=1S/C12H16N2O5S/c1-13-20(17,18)10-4-2-9(3-5-10)14-12(11(15)16)6-7-19-8-12/h2-5,13-14H,6-8H2,1H3,(H,15,16). The lowest BCUT2D eigenvalue weighted by atomic mass is 9.98. The molecule has 0 spiro atoms. The van der Waals surface area contributed by atoms with Crippen LogP contribution in [0.3, 0.4) is 0 Å². The molecule has 7 nitrogen and oxygen atoms in total. The van der Waals surface area contributed by atoms with E-state index in [1.165, 1.54) is 31.3 Å². The van der Waals surface area contributed by atoms with Gasteiger partial charge in [0.05, 0.1) is 11.5 Å². The van der Waals surface area contributed by atoms with Crippen molar-refractivity contribution in [2.45, 2.75) is 16.9 Å². The monoisotopic (exact) mass is 300 g/mol. The summed E-state index contributed by atoms with van der Waals surface area (Å²) in [6, 6.07) is 5.90.